The highest BCUT2D eigenvalue weighted by Crippen LogP contribution is 2.28. The molecule has 0 aromatic heterocycles. The summed E-state index contributed by atoms with van der Waals surface area (Å²) in [5.74, 6) is -0.163. The molecule has 0 radical (unpaired) electrons. The first-order valence-corrected chi connectivity index (χ1v) is 12.7. The van der Waals surface area contributed by atoms with Gasteiger partial charge in [0, 0.05) is 0 Å². The van der Waals surface area contributed by atoms with Gasteiger partial charge in [0.1, 0.15) is 0 Å². The average Bonchev–Trinajstić information content (AvgIpc) is 2.34. The predicted molar refractivity (Wildman–Crippen MR) is 82.4 cm³/mol. The third kappa shape index (κ3) is 4.10. The SMILES string of the molecule is CC[Si](C)(C=C(C(N)=O)[Si](C)(CC)CC)CC. The Morgan fingerprint density at radius 3 is 1.65 bits per heavy atom. The molecule has 0 rings (SSSR count). The van der Waals surface area contributed by atoms with Crippen molar-refractivity contribution in [1.82, 2.24) is 0 Å². The maximum absolute atomic E-state index is 11.8. The lowest BCUT2D eigenvalue weighted by Crippen LogP contribution is -2.41. The van der Waals surface area contributed by atoms with Crippen LogP contribution in [0, 0.1) is 0 Å². The first-order valence-electron chi connectivity index (χ1n) is 6.81. The summed E-state index contributed by atoms with van der Waals surface area (Å²) in [4.78, 5) is 11.8. The first kappa shape index (κ1) is 16.6. The Hall–Kier alpha value is -0.356. The molecule has 0 heterocycles. The molecule has 0 saturated carbocycles. The lowest BCUT2D eigenvalue weighted by molar-refractivity contribution is -0.114. The maximum Gasteiger partial charge on any atom is 0.239 e. The second-order valence-electron chi connectivity index (χ2n) is 5.55. The second kappa shape index (κ2) is 6.54. The van der Waals surface area contributed by atoms with Crippen molar-refractivity contribution in [2.24, 2.45) is 5.73 Å². The van der Waals surface area contributed by atoms with Crippen molar-refractivity contribution in [2.45, 2.75) is 65.0 Å². The van der Waals surface area contributed by atoms with Crippen molar-refractivity contribution in [3.63, 3.8) is 0 Å². The van der Waals surface area contributed by atoms with Crippen LogP contribution in [0.3, 0.4) is 0 Å². The minimum atomic E-state index is -1.61. The fraction of sp³-hybridized carbons (Fsp3) is 0.769. The smallest absolute Gasteiger partial charge is 0.239 e. The van der Waals surface area contributed by atoms with Gasteiger partial charge in [0.2, 0.25) is 5.91 Å². The van der Waals surface area contributed by atoms with Gasteiger partial charge in [-0.1, -0.05) is 70.7 Å². The minimum Gasteiger partial charge on any atom is -0.366 e. The summed E-state index contributed by atoms with van der Waals surface area (Å²) in [5.41, 5.74) is 7.97. The fourth-order valence-electron chi connectivity index (χ4n) is 1.98. The molecule has 0 aliphatic rings. The zero-order valence-corrected chi connectivity index (χ0v) is 14.4. The number of carbonyl (C=O) groups is 1. The van der Waals surface area contributed by atoms with Gasteiger partial charge in [-0.2, -0.15) is 0 Å². The number of primary amides is 1. The van der Waals surface area contributed by atoms with Crippen molar-refractivity contribution in [1.29, 1.82) is 0 Å². The van der Waals surface area contributed by atoms with Crippen LogP contribution in [-0.2, 0) is 4.79 Å². The Balaban J connectivity index is 5.52. The molecule has 100 valence electrons. The summed E-state index contributed by atoms with van der Waals surface area (Å²) < 4.78 is 0. The lowest BCUT2D eigenvalue weighted by Gasteiger charge is -2.30. The van der Waals surface area contributed by atoms with Crippen molar-refractivity contribution < 1.29 is 4.79 Å². The van der Waals surface area contributed by atoms with Crippen LogP contribution in [0.5, 0.6) is 0 Å². The topological polar surface area (TPSA) is 43.1 Å². The summed E-state index contributed by atoms with van der Waals surface area (Å²) >= 11 is 0. The van der Waals surface area contributed by atoms with E-state index in [9.17, 15) is 4.79 Å². The van der Waals surface area contributed by atoms with E-state index in [0.29, 0.717) is 0 Å². The van der Waals surface area contributed by atoms with Gasteiger partial charge in [-0.25, -0.2) is 0 Å². The van der Waals surface area contributed by atoms with Gasteiger partial charge in [-0.3, -0.25) is 4.79 Å². The zero-order chi connectivity index (χ0) is 13.7. The second-order valence-corrected chi connectivity index (χ2v) is 15.6. The molecule has 0 fully saturated rings. The monoisotopic (exact) mass is 271 g/mol. The molecule has 0 saturated heterocycles. The molecule has 0 aromatic rings. The standard InChI is InChI=1S/C13H29NOSi2/c1-7-16(5,8-2)11-12(13(14)15)17(6,9-3)10-4/h11H,7-10H2,1-6H3,(H2,14,15). The molecule has 17 heavy (non-hydrogen) atoms. The predicted octanol–water partition coefficient (Wildman–Crippen LogP) is 3.71. The normalized spacial score (nSPS) is 13.9. The van der Waals surface area contributed by atoms with E-state index in [1.54, 1.807) is 0 Å². The quantitative estimate of drug-likeness (QED) is 0.556. The molecular weight excluding hydrogens is 242 g/mol. The molecule has 4 heteroatoms. The van der Waals surface area contributed by atoms with E-state index in [4.69, 9.17) is 5.73 Å². The molecule has 0 spiro atoms. The largest absolute Gasteiger partial charge is 0.366 e. The Morgan fingerprint density at radius 1 is 1.00 bits per heavy atom. The molecule has 2 N–H and O–H groups in total. The summed E-state index contributed by atoms with van der Waals surface area (Å²) in [5, 5.41) is 1.01. The van der Waals surface area contributed by atoms with Crippen LogP contribution >= 0.6 is 0 Å². The molecule has 0 unspecified atom stereocenters. The molecule has 0 aromatic carbocycles. The Morgan fingerprint density at radius 2 is 1.41 bits per heavy atom. The van der Waals surface area contributed by atoms with Crippen molar-refractivity contribution in [2.75, 3.05) is 0 Å². The summed E-state index contributed by atoms with van der Waals surface area (Å²) in [7, 11) is -3.00. The maximum atomic E-state index is 11.8. The summed E-state index contributed by atoms with van der Waals surface area (Å²) in [6, 6.07) is 4.60. The van der Waals surface area contributed by atoms with Gasteiger partial charge < -0.3 is 5.73 Å². The van der Waals surface area contributed by atoms with Crippen LogP contribution < -0.4 is 5.73 Å². The number of carbonyl (C=O) groups excluding carboxylic acids is 1. The molecule has 0 bridgehead atoms. The van der Waals surface area contributed by atoms with Gasteiger partial charge in [0.05, 0.1) is 16.1 Å². The van der Waals surface area contributed by atoms with Crippen LogP contribution in [0.2, 0.25) is 37.3 Å². The van der Waals surface area contributed by atoms with E-state index in [1.807, 2.05) is 0 Å². The molecular formula is C13H29NOSi2. The highest BCUT2D eigenvalue weighted by atomic mass is 28.3. The van der Waals surface area contributed by atoms with Gasteiger partial charge in [-0.15, -0.1) is 0 Å². The van der Waals surface area contributed by atoms with Crippen molar-refractivity contribution >= 4 is 22.1 Å². The summed E-state index contributed by atoms with van der Waals surface area (Å²) in [6.07, 6.45) is 0. The number of hydrogen-bond acceptors (Lipinski definition) is 1. The number of nitrogens with two attached hydrogens (primary N) is 1. The number of rotatable bonds is 7. The van der Waals surface area contributed by atoms with Crippen LogP contribution in [0.4, 0.5) is 0 Å². The molecule has 0 aliphatic heterocycles. The highest BCUT2D eigenvalue weighted by Gasteiger charge is 2.33. The number of hydrogen-bond donors (Lipinski definition) is 1. The zero-order valence-electron chi connectivity index (χ0n) is 12.4. The van der Waals surface area contributed by atoms with E-state index in [-0.39, 0.29) is 5.91 Å². The Bertz CT molecular complexity index is 292. The Labute approximate surface area is 109 Å². The fourth-order valence-corrected chi connectivity index (χ4v) is 8.02. The van der Waals surface area contributed by atoms with E-state index in [1.165, 1.54) is 12.1 Å². The lowest BCUT2D eigenvalue weighted by atomic mass is 10.6. The van der Waals surface area contributed by atoms with Gasteiger partial charge in [-0.05, 0) is 5.20 Å². The molecule has 1 amide bonds. The molecule has 2 nitrogen and oxygen atoms in total. The van der Waals surface area contributed by atoms with Crippen molar-refractivity contribution in [3.05, 3.63) is 10.9 Å². The van der Waals surface area contributed by atoms with Crippen LogP contribution in [-0.4, -0.2) is 22.1 Å². The molecule has 0 aliphatic carbocycles. The Kier molecular flexibility index (Phi) is 6.41. The average molecular weight is 272 g/mol. The van der Waals surface area contributed by atoms with E-state index >= 15 is 0 Å². The van der Waals surface area contributed by atoms with Crippen LogP contribution in [0.1, 0.15) is 27.7 Å². The summed E-state index contributed by atoms with van der Waals surface area (Å²) in [6.45, 7) is 13.5. The van der Waals surface area contributed by atoms with E-state index in [0.717, 1.165) is 17.3 Å². The third-order valence-electron chi connectivity index (χ3n) is 4.58. The molecule has 0 atom stereocenters. The third-order valence-corrected chi connectivity index (χ3v) is 13.9. The van der Waals surface area contributed by atoms with Crippen LogP contribution in [0.25, 0.3) is 0 Å². The van der Waals surface area contributed by atoms with Crippen LogP contribution in [0.15, 0.2) is 10.9 Å². The minimum absolute atomic E-state index is 0.163. The van der Waals surface area contributed by atoms with Crippen molar-refractivity contribution in [3.8, 4) is 0 Å². The van der Waals surface area contributed by atoms with E-state index < -0.39 is 16.1 Å². The number of amides is 1. The first-order chi connectivity index (χ1) is 7.78. The van der Waals surface area contributed by atoms with E-state index in [2.05, 4.69) is 46.5 Å². The highest BCUT2D eigenvalue weighted by molar-refractivity contribution is 6.93. The van der Waals surface area contributed by atoms with Gasteiger partial charge in [0.15, 0.2) is 0 Å². The van der Waals surface area contributed by atoms with Gasteiger partial charge >= 0.3 is 0 Å². The van der Waals surface area contributed by atoms with Gasteiger partial charge in [0.25, 0.3) is 0 Å².